The summed E-state index contributed by atoms with van der Waals surface area (Å²) < 4.78 is 51.1. The van der Waals surface area contributed by atoms with Crippen LogP contribution in [0.15, 0.2) is 71.5 Å². The van der Waals surface area contributed by atoms with Gasteiger partial charge in [-0.25, -0.2) is 4.39 Å². The predicted molar refractivity (Wildman–Crippen MR) is 152 cm³/mol. The molecule has 0 aromatic heterocycles. The molecule has 0 atom stereocenters. The van der Waals surface area contributed by atoms with E-state index in [1.807, 2.05) is 34.6 Å². The lowest BCUT2D eigenvalue weighted by Gasteiger charge is -2.20. The largest absolute Gasteiger partial charge is 0.508 e. The molecule has 1 aliphatic rings. The highest BCUT2D eigenvalue weighted by molar-refractivity contribution is 5.34. The zero-order valence-electron chi connectivity index (χ0n) is 23.7. The summed E-state index contributed by atoms with van der Waals surface area (Å²) in [6.07, 6.45) is 17.3. The predicted octanol–water partition coefficient (Wildman–Crippen LogP) is 10.0. The van der Waals surface area contributed by atoms with Crippen molar-refractivity contribution in [2.75, 3.05) is 13.6 Å². The van der Waals surface area contributed by atoms with Crippen LogP contribution < -0.4 is 0 Å². The quantitative estimate of drug-likeness (QED) is 0.235. The molecule has 0 radical (unpaired) electrons. The number of phenolic OH excluding ortho intramolecular Hbond substituents is 1. The monoisotopic (exact) mass is 525 g/mol. The van der Waals surface area contributed by atoms with Crippen LogP contribution in [0.3, 0.4) is 0 Å². The van der Waals surface area contributed by atoms with Gasteiger partial charge in [-0.2, -0.15) is 13.2 Å². The van der Waals surface area contributed by atoms with Crippen LogP contribution in [-0.4, -0.2) is 29.8 Å². The number of hydrogen-bond acceptors (Lipinski definition) is 2. The fourth-order valence-electron chi connectivity index (χ4n) is 3.17. The molecule has 0 spiro atoms. The molecule has 1 N–H and O–H groups in total. The lowest BCUT2D eigenvalue weighted by molar-refractivity contribution is -0.0884. The number of aromatic hydroxyl groups is 1. The summed E-state index contributed by atoms with van der Waals surface area (Å²) in [5, 5.41) is 8.59. The summed E-state index contributed by atoms with van der Waals surface area (Å²) in [6, 6.07) is 5.01. The van der Waals surface area contributed by atoms with E-state index >= 15 is 0 Å². The Hall–Kier alpha value is -2.94. The van der Waals surface area contributed by atoms with Crippen LogP contribution in [0.2, 0.25) is 0 Å². The first-order valence-corrected chi connectivity index (χ1v) is 13.0. The molecule has 1 fully saturated rings. The maximum Gasteiger partial charge on any atom is 0.416 e. The molecule has 0 bridgehead atoms. The first-order valence-electron chi connectivity index (χ1n) is 13.0. The fraction of sp³-hybridized carbons (Fsp3) is 0.484. The molecule has 1 aliphatic heterocycles. The van der Waals surface area contributed by atoms with Gasteiger partial charge in [0.05, 0.1) is 5.57 Å². The molecule has 2 nitrogen and oxygen atoms in total. The molecular weight excluding hydrogens is 478 g/mol. The average molecular weight is 526 g/mol. The third kappa shape index (κ3) is 19.9. The number of rotatable bonds is 5. The molecule has 37 heavy (non-hydrogen) atoms. The molecule has 0 unspecified atom stereocenters. The minimum Gasteiger partial charge on any atom is -0.508 e. The number of likely N-dealkylation sites (tertiary alicyclic amines) is 1. The van der Waals surface area contributed by atoms with E-state index < -0.39 is 11.7 Å². The number of halogens is 4. The molecule has 2 rings (SSSR count). The number of terminal acetylenes is 1. The van der Waals surface area contributed by atoms with Gasteiger partial charge in [-0.05, 0) is 74.9 Å². The van der Waals surface area contributed by atoms with Gasteiger partial charge < -0.3 is 10.0 Å². The number of phenols is 1. The molecule has 1 heterocycles. The van der Waals surface area contributed by atoms with Crippen molar-refractivity contribution in [2.24, 2.45) is 0 Å². The Labute approximate surface area is 223 Å². The zero-order chi connectivity index (χ0) is 29.3. The minimum atomic E-state index is -4.30. The molecule has 0 aliphatic carbocycles. The van der Waals surface area contributed by atoms with Gasteiger partial charge in [0, 0.05) is 19.3 Å². The molecular formula is C31H47F4NO. The minimum absolute atomic E-state index is 0.0893. The number of allylic oxidation sites excluding steroid dienone is 8. The second-order valence-electron chi connectivity index (χ2n) is 7.39. The Kier molecular flexibility index (Phi) is 25.8. The topological polar surface area (TPSA) is 23.5 Å². The van der Waals surface area contributed by atoms with Crippen LogP contribution in [0.25, 0.3) is 0 Å². The maximum absolute atomic E-state index is 13.1. The Morgan fingerprint density at radius 2 is 1.59 bits per heavy atom. The van der Waals surface area contributed by atoms with Gasteiger partial charge in [0.2, 0.25) is 0 Å². The molecule has 1 aromatic rings. The second kappa shape index (κ2) is 24.7. The first kappa shape index (κ1) is 38.6. The van der Waals surface area contributed by atoms with Gasteiger partial charge in [-0.3, -0.25) is 0 Å². The van der Waals surface area contributed by atoms with E-state index in [0.29, 0.717) is 18.4 Å². The number of benzene rings is 1. The lowest BCUT2D eigenvalue weighted by atomic mass is 10.0. The summed E-state index contributed by atoms with van der Waals surface area (Å²) in [5.74, 6) is -0.241. The molecule has 1 saturated heterocycles. The standard InChI is InChI=1S/C19H28F3N.C6H5FO.2C2H6.C2H2/c1-4-9-16(15-17(10-5-2)19(20,21)22)12-13-18-11-7-6-8-14-23(18)3;7-5-1-3-6(8)4-2-5;3*1-2/h4,9-10,13,15H,5-8,11-12,14H2,1-3H3;1-4,8H;2*1-2H3;1-2H/b9-4-,16-15+,17-10-,18-13-;;;;. The van der Waals surface area contributed by atoms with Crippen molar-refractivity contribution >= 4 is 0 Å². The first-order chi connectivity index (χ1) is 17.7. The summed E-state index contributed by atoms with van der Waals surface area (Å²) in [6.45, 7) is 12.6. The Balaban J connectivity index is -0.000000682. The van der Waals surface area contributed by atoms with Crippen LogP contribution in [0.1, 0.15) is 80.1 Å². The van der Waals surface area contributed by atoms with E-state index in [1.54, 1.807) is 19.1 Å². The number of hydrogen-bond donors (Lipinski definition) is 1. The highest BCUT2D eigenvalue weighted by Crippen LogP contribution is 2.29. The zero-order valence-corrected chi connectivity index (χ0v) is 23.7. The van der Waals surface area contributed by atoms with Gasteiger partial charge >= 0.3 is 6.18 Å². The molecule has 6 heteroatoms. The molecule has 0 saturated carbocycles. The molecule has 0 amide bonds. The van der Waals surface area contributed by atoms with E-state index in [0.717, 1.165) is 19.4 Å². The van der Waals surface area contributed by atoms with Crippen LogP contribution in [0.5, 0.6) is 5.75 Å². The van der Waals surface area contributed by atoms with Crippen LogP contribution >= 0.6 is 0 Å². The molecule has 1 aromatic carbocycles. The van der Waals surface area contributed by atoms with Gasteiger partial charge in [0.1, 0.15) is 11.6 Å². The van der Waals surface area contributed by atoms with Crippen molar-refractivity contribution in [3.05, 3.63) is 77.3 Å². The third-order valence-corrected chi connectivity index (χ3v) is 4.79. The summed E-state index contributed by atoms with van der Waals surface area (Å²) in [4.78, 5) is 2.23. The lowest BCUT2D eigenvalue weighted by Crippen LogP contribution is -2.16. The number of nitrogens with zero attached hydrogens (tertiary/aromatic N) is 1. The second-order valence-corrected chi connectivity index (χ2v) is 7.39. The van der Waals surface area contributed by atoms with Gasteiger partial charge in [0.15, 0.2) is 0 Å². The van der Waals surface area contributed by atoms with Crippen molar-refractivity contribution in [1.82, 2.24) is 4.90 Å². The smallest absolute Gasteiger partial charge is 0.416 e. The Morgan fingerprint density at radius 3 is 2.05 bits per heavy atom. The third-order valence-electron chi connectivity index (χ3n) is 4.79. The van der Waals surface area contributed by atoms with Crippen LogP contribution in [-0.2, 0) is 0 Å². The highest BCUT2D eigenvalue weighted by atomic mass is 19.4. The van der Waals surface area contributed by atoms with E-state index in [-0.39, 0.29) is 11.6 Å². The normalized spacial score (nSPS) is 15.1. The van der Waals surface area contributed by atoms with Gasteiger partial charge in [0.25, 0.3) is 0 Å². The SMILES string of the molecule is C#C.CC.CC.C\C=C/C(=C\C(=C\CC)C(F)(F)F)C/C=C1/CCCCCN1C.Oc1ccc(F)cc1. The van der Waals surface area contributed by atoms with Crippen LogP contribution in [0, 0.1) is 18.7 Å². The van der Waals surface area contributed by atoms with E-state index in [1.165, 1.54) is 55.0 Å². The Morgan fingerprint density at radius 1 is 1.03 bits per heavy atom. The summed E-state index contributed by atoms with van der Waals surface area (Å²) in [5.41, 5.74) is 1.38. The van der Waals surface area contributed by atoms with Crippen LogP contribution in [0.4, 0.5) is 17.6 Å². The Bertz CT molecular complexity index is 795. The van der Waals surface area contributed by atoms with Crippen molar-refractivity contribution in [1.29, 1.82) is 0 Å². The van der Waals surface area contributed by atoms with Crippen molar-refractivity contribution < 1.29 is 22.7 Å². The van der Waals surface area contributed by atoms with E-state index in [4.69, 9.17) is 5.11 Å². The van der Waals surface area contributed by atoms with E-state index in [2.05, 4.69) is 30.9 Å². The number of alkyl halides is 3. The summed E-state index contributed by atoms with van der Waals surface area (Å²) in [7, 11) is 2.06. The highest BCUT2D eigenvalue weighted by Gasteiger charge is 2.31. The van der Waals surface area contributed by atoms with Gasteiger partial charge in [-0.1, -0.05) is 65.3 Å². The van der Waals surface area contributed by atoms with Crippen molar-refractivity contribution in [3.8, 4) is 18.6 Å². The van der Waals surface area contributed by atoms with E-state index in [9.17, 15) is 17.6 Å². The van der Waals surface area contributed by atoms with Crippen molar-refractivity contribution in [2.45, 2.75) is 86.2 Å². The molecule has 210 valence electrons. The maximum atomic E-state index is 13.1. The fourth-order valence-corrected chi connectivity index (χ4v) is 3.17. The van der Waals surface area contributed by atoms with Gasteiger partial charge in [-0.15, -0.1) is 12.8 Å². The van der Waals surface area contributed by atoms with Crippen molar-refractivity contribution in [3.63, 3.8) is 0 Å². The average Bonchev–Trinajstić information content (AvgIpc) is 3.11. The summed E-state index contributed by atoms with van der Waals surface area (Å²) >= 11 is 0.